The minimum absolute atomic E-state index is 0.0887. The van der Waals surface area contributed by atoms with Crippen molar-refractivity contribution < 1.29 is 5.11 Å². The van der Waals surface area contributed by atoms with Gasteiger partial charge in [-0.25, -0.2) is 4.98 Å². The molecule has 2 N–H and O–H groups in total. The molecule has 0 atom stereocenters. The van der Waals surface area contributed by atoms with Crippen LogP contribution in [0.15, 0.2) is 36.8 Å². The van der Waals surface area contributed by atoms with Crippen molar-refractivity contribution >= 4 is 0 Å². The van der Waals surface area contributed by atoms with Crippen molar-refractivity contribution in [2.24, 2.45) is 0 Å². The lowest BCUT2D eigenvalue weighted by Crippen LogP contribution is -2.27. The highest BCUT2D eigenvalue weighted by Crippen LogP contribution is 2.27. The van der Waals surface area contributed by atoms with Gasteiger partial charge >= 0.3 is 0 Å². The van der Waals surface area contributed by atoms with Gasteiger partial charge in [0.25, 0.3) is 0 Å². The van der Waals surface area contributed by atoms with Crippen LogP contribution in [0.1, 0.15) is 30.0 Å². The fourth-order valence-corrected chi connectivity index (χ4v) is 2.70. The molecule has 3 rings (SSSR count). The summed E-state index contributed by atoms with van der Waals surface area (Å²) in [6.07, 6.45) is 6.20. The van der Waals surface area contributed by atoms with Gasteiger partial charge in [0.05, 0.1) is 12.9 Å². The van der Waals surface area contributed by atoms with Crippen LogP contribution in [0.3, 0.4) is 0 Å². The minimum atomic E-state index is 0.0887. The van der Waals surface area contributed by atoms with Crippen molar-refractivity contribution in [1.29, 1.82) is 0 Å². The number of hydrogen-bond acceptors (Lipinski definition) is 3. The van der Waals surface area contributed by atoms with Crippen LogP contribution in [-0.2, 0) is 6.61 Å². The summed E-state index contributed by atoms with van der Waals surface area (Å²) in [6.45, 7) is 2.25. The fourth-order valence-electron chi connectivity index (χ4n) is 2.70. The Bertz CT molecular complexity index is 527. The molecular formula is C15H19N3O. The standard InChI is InChI=1S/C15H19N3O/c19-10-12-1-3-14(4-2-12)18-11-17-9-15(18)13-5-7-16-8-6-13/h1-4,9,11,13,16,19H,5-8,10H2. The van der Waals surface area contributed by atoms with E-state index in [-0.39, 0.29) is 6.61 Å². The van der Waals surface area contributed by atoms with Crippen molar-refractivity contribution in [3.05, 3.63) is 48.0 Å². The number of hydrogen-bond donors (Lipinski definition) is 2. The number of rotatable bonds is 3. The number of aliphatic hydroxyl groups is 1. The molecule has 0 bridgehead atoms. The SMILES string of the molecule is OCc1ccc(-n2cncc2C2CCNCC2)cc1. The highest BCUT2D eigenvalue weighted by Gasteiger charge is 2.19. The van der Waals surface area contributed by atoms with Crippen molar-refractivity contribution in [2.75, 3.05) is 13.1 Å². The average Bonchev–Trinajstić information content (AvgIpc) is 2.98. The van der Waals surface area contributed by atoms with Gasteiger partial charge in [-0.15, -0.1) is 0 Å². The first-order valence-corrected chi connectivity index (χ1v) is 6.81. The molecule has 1 aliphatic rings. The van der Waals surface area contributed by atoms with Gasteiger partial charge in [0.2, 0.25) is 0 Å². The van der Waals surface area contributed by atoms with E-state index in [9.17, 15) is 0 Å². The third-order valence-electron chi connectivity index (χ3n) is 3.82. The second kappa shape index (κ2) is 5.55. The molecule has 0 saturated carbocycles. The Kier molecular flexibility index (Phi) is 3.62. The van der Waals surface area contributed by atoms with Crippen LogP contribution in [-0.4, -0.2) is 27.7 Å². The summed E-state index contributed by atoms with van der Waals surface area (Å²) in [5.41, 5.74) is 3.34. The number of piperidine rings is 1. The fraction of sp³-hybridized carbons (Fsp3) is 0.400. The van der Waals surface area contributed by atoms with E-state index in [1.165, 1.54) is 18.5 Å². The highest BCUT2D eigenvalue weighted by molar-refractivity contribution is 5.36. The number of nitrogens with zero attached hydrogens (tertiary/aromatic N) is 2. The Morgan fingerprint density at radius 3 is 2.63 bits per heavy atom. The van der Waals surface area contributed by atoms with E-state index in [4.69, 9.17) is 5.11 Å². The zero-order chi connectivity index (χ0) is 13.1. The number of aromatic nitrogens is 2. The lowest BCUT2D eigenvalue weighted by atomic mass is 9.95. The van der Waals surface area contributed by atoms with E-state index >= 15 is 0 Å². The molecule has 1 aliphatic heterocycles. The molecule has 0 spiro atoms. The molecule has 1 fully saturated rings. The van der Waals surface area contributed by atoms with E-state index in [2.05, 4.69) is 14.9 Å². The molecule has 0 unspecified atom stereocenters. The van der Waals surface area contributed by atoms with E-state index in [0.717, 1.165) is 24.3 Å². The van der Waals surface area contributed by atoms with Gasteiger partial charge in [0.1, 0.15) is 0 Å². The van der Waals surface area contributed by atoms with Gasteiger partial charge in [0.15, 0.2) is 0 Å². The van der Waals surface area contributed by atoms with Crippen LogP contribution < -0.4 is 5.32 Å². The molecule has 2 aromatic rings. The minimum Gasteiger partial charge on any atom is -0.392 e. The van der Waals surface area contributed by atoms with Crippen LogP contribution in [0.5, 0.6) is 0 Å². The maximum absolute atomic E-state index is 9.09. The summed E-state index contributed by atoms with van der Waals surface area (Å²) in [4.78, 5) is 4.31. The molecular weight excluding hydrogens is 238 g/mol. The van der Waals surface area contributed by atoms with Crippen molar-refractivity contribution in [1.82, 2.24) is 14.9 Å². The third-order valence-corrected chi connectivity index (χ3v) is 3.82. The Morgan fingerprint density at radius 2 is 1.95 bits per heavy atom. The van der Waals surface area contributed by atoms with Crippen LogP contribution in [0, 0.1) is 0 Å². The summed E-state index contributed by atoms with van der Waals surface area (Å²) < 4.78 is 2.16. The molecule has 100 valence electrons. The lowest BCUT2D eigenvalue weighted by molar-refractivity contribution is 0.282. The predicted octanol–water partition coefficient (Wildman–Crippen LogP) is 1.83. The van der Waals surface area contributed by atoms with Gasteiger partial charge < -0.3 is 15.0 Å². The van der Waals surface area contributed by atoms with Gasteiger partial charge in [-0.3, -0.25) is 0 Å². The third kappa shape index (κ3) is 2.55. The van der Waals surface area contributed by atoms with E-state index in [1.807, 2.05) is 36.8 Å². The number of aliphatic hydroxyl groups excluding tert-OH is 1. The van der Waals surface area contributed by atoms with Crippen LogP contribution in [0.25, 0.3) is 5.69 Å². The van der Waals surface area contributed by atoms with E-state index in [1.54, 1.807) is 0 Å². The first-order chi connectivity index (χ1) is 9.38. The summed E-state index contributed by atoms with van der Waals surface area (Å²) in [7, 11) is 0. The molecule has 1 aromatic carbocycles. The summed E-state index contributed by atoms with van der Waals surface area (Å²) in [5, 5.41) is 12.5. The van der Waals surface area contributed by atoms with Crippen molar-refractivity contribution in [2.45, 2.75) is 25.4 Å². The van der Waals surface area contributed by atoms with Crippen LogP contribution >= 0.6 is 0 Å². The van der Waals surface area contributed by atoms with E-state index < -0.39 is 0 Å². The lowest BCUT2D eigenvalue weighted by Gasteiger charge is -2.23. The molecule has 19 heavy (non-hydrogen) atoms. The molecule has 4 nitrogen and oxygen atoms in total. The Hall–Kier alpha value is -1.65. The molecule has 1 saturated heterocycles. The van der Waals surface area contributed by atoms with Gasteiger partial charge in [-0.1, -0.05) is 12.1 Å². The largest absolute Gasteiger partial charge is 0.392 e. The van der Waals surface area contributed by atoms with Crippen molar-refractivity contribution in [3.8, 4) is 5.69 Å². The maximum atomic E-state index is 9.09. The van der Waals surface area contributed by atoms with Gasteiger partial charge in [-0.05, 0) is 43.6 Å². The second-order valence-corrected chi connectivity index (χ2v) is 5.04. The van der Waals surface area contributed by atoms with Crippen molar-refractivity contribution in [3.63, 3.8) is 0 Å². The summed E-state index contributed by atoms with van der Waals surface area (Å²) in [5.74, 6) is 0.585. The maximum Gasteiger partial charge on any atom is 0.0994 e. The van der Waals surface area contributed by atoms with Crippen LogP contribution in [0.4, 0.5) is 0 Å². The quantitative estimate of drug-likeness (QED) is 0.882. The second-order valence-electron chi connectivity index (χ2n) is 5.04. The molecule has 0 amide bonds. The first-order valence-electron chi connectivity index (χ1n) is 6.81. The average molecular weight is 257 g/mol. The Morgan fingerprint density at radius 1 is 1.21 bits per heavy atom. The molecule has 1 aromatic heterocycles. The monoisotopic (exact) mass is 257 g/mol. The molecule has 4 heteroatoms. The highest BCUT2D eigenvalue weighted by atomic mass is 16.3. The number of imidazole rings is 1. The Balaban J connectivity index is 1.89. The Labute approximate surface area is 113 Å². The zero-order valence-corrected chi connectivity index (χ0v) is 10.9. The summed E-state index contributed by atoms with van der Waals surface area (Å²) >= 11 is 0. The first kappa shape index (κ1) is 12.4. The predicted molar refractivity (Wildman–Crippen MR) is 74.3 cm³/mol. The number of nitrogens with one attached hydrogen (secondary N) is 1. The van der Waals surface area contributed by atoms with Gasteiger partial charge in [0, 0.05) is 23.5 Å². The zero-order valence-electron chi connectivity index (χ0n) is 10.9. The molecule has 2 heterocycles. The molecule has 0 radical (unpaired) electrons. The van der Waals surface area contributed by atoms with Gasteiger partial charge in [-0.2, -0.15) is 0 Å². The van der Waals surface area contributed by atoms with E-state index in [0.29, 0.717) is 5.92 Å². The smallest absolute Gasteiger partial charge is 0.0994 e. The topological polar surface area (TPSA) is 50.1 Å². The number of benzene rings is 1. The normalized spacial score (nSPS) is 16.7. The van der Waals surface area contributed by atoms with Crippen LogP contribution in [0.2, 0.25) is 0 Å². The summed E-state index contributed by atoms with van der Waals surface area (Å²) in [6, 6.07) is 8.00. The molecule has 0 aliphatic carbocycles.